The topological polar surface area (TPSA) is 210 Å². The summed E-state index contributed by atoms with van der Waals surface area (Å²) >= 11 is 0. The number of guanidine groups is 1. The van der Waals surface area contributed by atoms with Crippen molar-refractivity contribution in [1.82, 2.24) is 10.6 Å². The summed E-state index contributed by atoms with van der Waals surface area (Å²) in [5, 5.41) is 25.3. The molecule has 0 aliphatic heterocycles. The molecule has 2 amide bonds. The number of nitrogens with two attached hydrogens (primary N) is 3. The van der Waals surface area contributed by atoms with Crippen molar-refractivity contribution >= 4 is 40.4 Å². The Morgan fingerprint density at radius 1 is 0.870 bits per heavy atom. The van der Waals surface area contributed by atoms with Gasteiger partial charge in [-0.15, -0.1) is 0 Å². The van der Waals surface area contributed by atoms with E-state index in [9.17, 15) is 19.5 Å². The van der Waals surface area contributed by atoms with E-state index in [4.69, 9.17) is 22.6 Å². The Bertz CT molecular complexity index is 1550. The van der Waals surface area contributed by atoms with E-state index in [1.165, 1.54) is 0 Å². The van der Waals surface area contributed by atoms with Gasteiger partial charge in [0.05, 0.1) is 5.92 Å². The molecule has 4 rings (SSSR count). The molecule has 0 bridgehead atoms. The Hall–Kier alpha value is -4.93. The highest BCUT2D eigenvalue weighted by atomic mass is 16.4. The fraction of sp³-hybridized carbons (Fsp3) is 0.400. The summed E-state index contributed by atoms with van der Waals surface area (Å²) in [6, 6.07) is 19.0. The number of hydrogen-bond donors (Lipinski definition) is 7. The number of carboxylic acid groups (broad SMARTS) is 1. The molecule has 46 heavy (non-hydrogen) atoms. The van der Waals surface area contributed by atoms with Gasteiger partial charge in [0.15, 0.2) is 5.96 Å². The van der Waals surface area contributed by atoms with Crippen molar-refractivity contribution in [2.45, 2.75) is 75.8 Å². The molecule has 11 heteroatoms. The molecule has 0 spiro atoms. The SMILES string of the molecule is N=C(N)c1ccc(C[C@H](C(=O)N[C@@H](CC2CCCCC2)C(=O)NC(CCCN=C(N)N)C(=O)O)c2ccc3ccccc3c2)cc1. The number of carbonyl (C=O) groups excluding carboxylic acids is 2. The Morgan fingerprint density at radius 2 is 1.54 bits per heavy atom. The van der Waals surface area contributed by atoms with Crippen molar-refractivity contribution < 1.29 is 19.5 Å². The predicted octanol–water partition coefficient (Wildman–Crippen LogP) is 3.53. The quantitative estimate of drug-likeness (QED) is 0.0756. The molecule has 1 aliphatic carbocycles. The highest BCUT2D eigenvalue weighted by Crippen LogP contribution is 2.29. The Labute approximate surface area is 269 Å². The summed E-state index contributed by atoms with van der Waals surface area (Å²) in [5.41, 5.74) is 18.7. The number of carbonyl (C=O) groups is 3. The van der Waals surface area contributed by atoms with Gasteiger partial charge in [0, 0.05) is 12.1 Å². The first-order chi connectivity index (χ1) is 22.1. The molecule has 3 aromatic rings. The zero-order valence-electron chi connectivity index (χ0n) is 26.1. The van der Waals surface area contributed by atoms with Crippen LogP contribution in [0.5, 0.6) is 0 Å². The van der Waals surface area contributed by atoms with E-state index in [1.807, 2.05) is 54.6 Å². The summed E-state index contributed by atoms with van der Waals surface area (Å²) in [7, 11) is 0. The maximum absolute atomic E-state index is 14.2. The van der Waals surface area contributed by atoms with Gasteiger partial charge in [0.1, 0.15) is 17.9 Å². The average Bonchev–Trinajstić information content (AvgIpc) is 3.04. The first-order valence-electron chi connectivity index (χ1n) is 15.9. The number of nitrogens with zero attached hydrogens (tertiary/aromatic N) is 1. The molecule has 1 saturated carbocycles. The lowest BCUT2D eigenvalue weighted by Gasteiger charge is -2.29. The Kier molecular flexibility index (Phi) is 12.1. The number of hydrogen-bond acceptors (Lipinski definition) is 5. The highest BCUT2D eigenvalue weighted by molar-refractivity contribution is 5.95. The van der Waals surface area contributed by atoms with Crippen LogP contribution in [-0.2, 0) is 20.8 Å². The van der Waals surface area contributed by atoms with Crippen molar-refractivity contribution in [3.8, 4) is 0 Å². The van der Waals surface area contributed by atoms with Crippen LogP contribution in [0.2, 0.25) is 0 Å². The van der Waals surface area contributed by atoms with Crippen molar-refractivity contribution in [2.75, 3.05) is 6.54 Å². The van der Waals surface area contributed by atoms with Crippen molar-refractivity contribution in [3.05, 3.63) is 83.4 Å². The second kappa shape index (κ2) is 16.4. The third kappa shape index (κ3) is 9.79. The van der Waals surface area contributed by atoms with Crippen LogP contribution < -0.4 is 27.8 Å². The fourth-order valence-electron chi connectivity index (χ4n) is 6.14. The second-order valence-corrected chi connectivity index (χ2v) is 12.1. The summed E-state index contributed by atoms with van der Waals surface area (Å²) in [4.78, 5) is 43.9. The van der Waals surface area contributed by atoms with Gasteiger partial charge in [-0.3, -0.25) is 20.0 Å². The van der Waals surface area contributed by atoms with Gasteiger partial charge in [0.25, 0.3) is 0 Å². The predicted molar refractivity (Wildman–Crippen MR) is 180 cm³/mol. The molecule has 0 heterocycles. The molecule has 1 unspecified atom stereocenters. The van der Waals surface area contributed by atoms with Gasteiger partial charge >= 0.3 is 5.97 Å². The zero-order chi connectivity index (χ0) is 33.1. The maximum Gasteiger partial charge on any atom is 0.326 e. The van der Waals surface area contributed by atoms with Crippen LogP contribution in [-0.4, -0.2) is 53.3 Å². The molecule has 0 saturated heterocycles. The normalized spacial score (nSPS) is 15.3. The Balaban J connectivity index is 1.60. The third-order valence-corrected chi connectivity index (χ3v) is 8.68. The highest BCUT2D eigenvalue weighted by Gasteiger charge is 2.32. The number of carboxylic acids is 1. The van der Waals surface area contributed by atoms with Gasteiger partial charge in [-0.1, -0.05) is 98.8 Å². The van der Waals surface area contributed by atoms with Gasteiger partial charge in [-0.25, -0.2) is 4.79 Å². The van der Waals surface area contributed by atoms with Crippen LogP contribution in [0.4, 0.5) is 0 Å². The van der Waals surface area contributed by atoms with E-state index in [-0.39, 0.29) is 36.6 Å². The van der Waals surface area contributed by atoms with Crippen molar-refractivity contribution in [1.29, 1.82) is 5.41 Å². The molecule has 244 valence electrons. The maximum atomic E-state index is 14.2. The number of amides is 2. The molecule has 1 fully saturated rings. The van der Waals surface area contributed by atoms with Gasteiger partial charge < -0.3 is 32.9 Å². The van der Waals surface area contributed by atoms with Gasteiger partial charge in [-0.05, 0) is 53.5 Å². The lowest BCUT2D eigenvalue weighted by molar-refractivity contribution is -0.142. The second-order valence-electron chi connectivity index (χ2n) is 12.1. The molecule has 0 radical (unpaired) electrons. The molecule has 0 aromatic heterocycles. The standard InChI is InChI=1S/C35H45N7O4/c36-31(37)25-14-12-23(13-15-25)19-28(27-17-16-24-9-4-5-10-26(24)21-27)32(43)42-30(20-22-7-2-1-3-8-22)33(44)41-29(34(45)46)11-6-18-40-35(38)39/h4-5,9-10,12-17,21-22,28-30H,1-3,6-8,11,18-20H2,(H3,36,37)(H,41,44)(H,42,43)(H,45,46)(H4,38,39,40)/t28-,29?,30-/m0/s1. The first-order valence-corrected chi connectivity index (χ1v) is 15.9. The number of aliphatic carboxylic acids is 1. The zero-order valence-corrected chi connectivity index (χ0v) is 26.1. The molecule has 10 N–H and O–H groups in total. The monoisotopic (exact) mass is 627 g/mol. The smallest absolute Gasteiger partial charge is 0.326 e. The summed E-state index contributed by atoms with van der Waals surface area (Å²) in [6.45, 7) is 0.241. The number of fused-ring (bicyclic) bond motifs is 1. The van der Waals surface area contributed by atoms with Crippen molar-refractivity contribution in [2.24, 2.45) is 28.1 Å². The molecule has 11 nitrogen and oxygen atoms in total. The first kappa shape index (κ1) is 34.0. The number of amidine groups is 1. The molecule has 3 aromatic carbocycles. The molecule has 3 atom stereocenters. The van der Waals surface area contributed by atoms with Crippen LogP contribution in [0.3, 0.4) is 0 Å². The molecular weight excluding hydrogens is 582 g/mol. The summed E-state index contributed by atoms with van der Waals surface area (Å²) in [6.07, 6.45) is 6.45. The minimum Gasteiger partial charge on any atom is -0.480 e. The van der Waals surface area contributed by atoms with Gasteiger partial charge in [0.2, 0.25) is 11.8 Å². The minimum atomic E-state index is -1.16. The Morgan fingerprint density at radius 3 is 2.20 bits per heavy atom. The van der Waals surface area contributed by atoms with Gasteiger partial charge in [-0.2, -0.15) is 0 Å². The minimum absolute atomic E-state index is 0.0390. The summed E-state index contributed by atoms with van der Waals surface area (Å²) in [5.74, 6) is -2.51. The molecular formula is C35H45N7O4. The lowest BCUT2D eigenvalue weighted by atomic mass is 9.84. The number of aliphatic imine (C=N–C) groups is 1. The number of benzene rings is 3. The van der Waals surface area contributed by atoms with Crippen LogP contribution in [0.1, 0.15) is 74.0 Å². The number of rotatable bonds is 15. The number of nitrogens with one attached hydrogen (secondary N) is 3. The van der Waals surface area contributed by atoms with Crippen LogP contribution >= 0.6 is 0 Å². The van der Waals surface area contributed by atoms with E-state index in [0.717, 1.165) is 54.0 Å². The van der Waals surface area contributed by atoms with Crippen molar-refractivity contribution in [3.63, 3.8) is 0 Å². The molecule has 1 aliphatic rings. The largest absolute Gasteiger partial charge is 0.480 e. The fourth-order valence-corrected chi connectivity index (χ4v) is 6.14. The average molecular weight is 628 g/mol. The van der Waals surface area contributed by atoms with E-state index >= 15 is 0 Å². The van der Waals surface area contributed by atoms with E-state index in [0.29, 0.717) is 24.8 Å². The van der Waals surface area contributed by atoms with Crippen LogP contribution in [0.15, 0.2) is 71.7 Å². The van der Waals surface area contributed by atoms with Crippen LogP contribution in [0, 0.1) is 11.3 Å². The third-order valence-electron chi connectivity index (χ3n) is 8.68. The van der Waals surface area contributed by atoms with Crippen LogP contribution in [0.25, 0.3) is 10.8 Å². The van der Waals surface area contributed by atoms with E-state index < -0.39 is 29.9 Å². The van der Waals surface area contributed by atoms with E-state index in [2.05, 4.69) is 15.6 Å². The van der Waals surface area contributed by atoms with E-state index in [1.54, 1.807) is 12.1 Å². The lowest BCUT2D eigenvalue weighted by Crippen LogP contribution is -2.53. The number of nitrogen functional groups attached to an aromatic ring is 1. The summed E-state index contributed by atoms with van der Waals surface area (Å²) < 4.78 is 0.